The molecule has 0 saturated carbocycles. The monoisotopic (exact) mass is 666 g/mol. The summed E-state index contributed by atoms with van der Waals surface area (Å²) in [7, 11) is 0. The number of ether oxygens (including phenoxy) is 1. The van der Waals surface area contributed by atoms with Gasteiger partial charge in [0.1, 0.15) is 17.1 Å². The first kappa shape index (κ1) is 36.3. The minimum Gasteiger partial charge on any atom is -0.451 e. The van der Waals surface area contributed by atoms with Crippen LogP contribution in [0.4, 0.5) is 11.6 Å². The van der Waals surface area contributed by atoms with Gasteiger partial charge in [-0.1, -0.05) is 41.5 Å². The Morgan fingerprint density at radius 1 is 0.773 bits per heavy atom. The molecule has 0 aromatic carbocycles. The number of nitrogen functional groups attached to an aromatic ring is 2. The van der Waals surface area contributed by atoms with Gasteiger partial charge in [-0.2, -0.15) is 9.97 Å². The Labute approximate surface area is 274 Å². The lowest BCUT2D eigenvalue weighted by Gasteiger charge is -2.12. The van der Waals surface area contributed by atoms with E-state index >= 15 is 0 Å². The van der Waals surface area contributed by atoms with Gasteiger partial charge in [-0.25, -0.2) is 9.59 Å². The van der Waals surface area contributed by atoms with Gasteiger partial charge in [0.15, 0.2) is 0 Å². The number of carbonyl (C=O) groups excluding carboxylic acids is 1. The maximum absolute atomic E-state index is 11.7. The number of thioether (sulfide) groups is 3. The smallest absolute Gasteiger partial charge is 0.350 e. The Kier molecular flexibility index (Phi) is 14.0. The zero-order valence-corrected chi connectivity index (χ0v) is 29.5. The fourth-order valence-electron chi connectivity index (χ4n) is 5.97. The van der Waals surface area contributed by atoms with E-state index in [0.717, 1.165) is 32.1 Å². The molecule has 5 rings (SSSR count). The van der Waals surface area contributed by atoms with Gasteiger partial charge >= 0.3 is 17.3 Å². The van der Waals surface area contributed by atoms with E-state index in [1.165, 1.54) is 13.3 Å². The van der Waals surface area contributed by atoms with Gasteiger partial charge in [0.2, 0.25) is 0 Å². The fourth-order valence-corrected chi connectivity index (χ4v) is 10.9. The summed E-state index contributed by atoms with van der Waals surface area (Å²) < 4.78 is 8.54. The molecule has 2 aromatic rings. The van der Waals surface area contributed by atoms with Crippen LogP contribution in [0.15, 0.2) is 34.1 Å². The second kappa shape index (κ2) is 17.0. The fraction of sp³-hybridized carbons (Fsp3) is 0.710. The number of nitrogens with zero attached hydrogens (tertiary/aromatic N) is 4. The van der Waals surface area contributed by atoms with Crippen LogP contribution in [0.5, 0.6) is 0 Å². The number of rotatable bonds is 6. The number of esters is 1. The van der Waals surface area contributed by atoms with Gasteiger partial charge in [0.05, 0.1) is 10.7 Å². The number of nitrogens with two attached hydrogens (primary N) is 2. The van der Waals surface area contributed by atoms with Crippen molar-refractivity contribution in [3.63, 3.8) is 0 Å². The molecule has 0 aliphatic carbocycles. The van der Waals surface area contributed by atoms with Crippen molar-refractivity contribution in [2.45, 2.75) is 119 Å². The standard InChI is InChI=1S/2C11H17N3OS.C9H16O2S/c2*1-3-8-7(2)6-10(16-8)14-5-4-9(12)13-11(14)15;1-4-8-6(2)5-9(12-8)11-7(3)10/h2*4-5,7-8,10H,3,6H2,1-2H3,(H2,12,13,15);6,8-9H,4-5H2,1-3H3/t7-,8+,10?;7-,8+,10+;6-,8+,9+/m000/s1. The molecular weight excluding hydrogens is 617 g/mol. The van der Waals surface area contributed by atoms with Crippen molar-refractivity contribution in [3.8, 4) is 0 Å². The van der Waals surface area contributed by atoms with Gasteiger partial charge < -0.3 is 16.2 Å². The lowest BCUT2D eigenvalue weighted by atomic mass is 10.0. The van der Waals surface area contributed by atoms with Crippen LogP contribution in [-0.2, 0) is 9.53 Å². The minimum absolute atomic E-state index is 0.113. The minimum atomic E-state index is -0.235. The SMILES string of the molecule is CC[C@H]1SC(n2ccc(N)nc2=O)C[C@@H]1C.CC[C@H]1S[C@@H](OC(C)=O)C[C@@H]1C.CC[C@H]1S[C@@H](n2ccc(N)nc2=O)C[C@@H]1C. The van der Waals surface area contributed by atoms with Crippen molar-refractivity contribution in [2.24, 2.45) is 17.8 Å². The van der Waals surface area contributed by atoms with Crippen LogP contribution in [0.1, 0.15) is 97.7 Å². The highest BCUT2D eigenvalue weighted by Gasteiger charge is 2.34. The Morgan fingerprint density at radius 3 is 1.48 bits per heavy atom. The second-order valence-corrected chi connectivity index (χ2v) is 16.2. The van der Waals surface area contributed by atoms with Crippen LogP contribution < -0.4 is 22.8 Å². The molecule has 0 bridgehead atoms. The number of aromatic nitrogens is 4. The Bertz CT molecular complexity index is 1260. The summed E-state index contributed by atoms with van der Waals surface area (Å²) in [5.74, 6) is 2.43. The molecule has 9 atom stereocenters. The molecule has 0 spiro atoms. The van der Waals surface area contributed by atoms with E-state index in [1.807, 2.05) is 23.5 Å². The number of anilines is 2. The maximum Gasteiger partial charge on any atom is 0.350 e. The second-order valence-electron chi connectivity index (χ2n) is 11.9. The van der Waals surface area contributed by atoms with Crippen LogP contribution in [0.25, 0.3) is 0 Å². The van der Waals surface area contributed by atoms with Crippen molar-refractivity contribution in [3.05, 3.63) is 45.5 Å². The molecule has 1 unspecified atom stereocenters. The van der Waals surface area contributed by atoms with E-state index in [1.54, 1.807) is 45.4 Å². The lowest BCUT2D eigenvalue weighted by Crippen LogP contribution is -2.25. The number of hydrogen-bond donors (Lipinski definition) is 2. The molecule has 44 heavy (non-hydrogen) atoms. The maximum atomic E-state index is 11.7. The highest BCUT2D eigenvalue weighted by molar-refractivity contribution is 8.00. The summed E-state index contributed by atoms with van der Waals surface area (Å²) in [5.41, 5.74) is 10.6. The van der Waals surface area contributed by atoms with Gasteiger partial charge in [-0.15, -0.1) is 35.3 Å². The summed E-state index contributed by atoms with van der Waals surface area (Å²) in [6.45, 7) is 14.8. The molecule has 3 aliphatic heterocycles. The third-order valence-corrected chi connectivity index (χ3v) is 13.9. The summed E-state index contributed by atoms with van der Waals surface area (Å²) >= 11 is 5.55. The zero-order valence-electron chi connectivity index (χ0n) is 27.0. The highest BCUT2D eigenvalue weighted by Crippen LogP contribution is 2.46. The summed E-state index contributed by atoms with van der Waals surface area (Å²) in [4.78, 5) is 41.6. The van der Waals surface area contributed by atoms with E-state index in [-0.39, 0.29) is 33.5 Å². The number of carbonyl (C=O) groups is 1. The molecular formula is C31H50N6O4S3. The van der Waals surface area contributed by atoms with Crippen LogP contribution in [0, 0.1) is 17.8 Å². The van der Waals surface area contributed by atoms with E-state index in [4.69, 9.17) is 16.2 Å². The predicted molar refractivity (Wildman–Crippen MR) is 186 cm³/mol. The molecule has 13 heteroatoms. The Balaban J connectivity index is 0.000000183. The van der Waals surface area contributed by atoms with Crippen molar-refractivity contribution in [1.29, 1.82) is 0 Å². The highest BCUT2D eigenvalue weighted by atomic mass is 32.2. The molecule has 3 saturated heterocycles. The van der Waals surface area contributed by atoms with E-state index in [2.05, 4.69) is 51.5 Å². The first-order chi connectivity index (χ1) is 20.9. The van der Waals surface area contributed by atoms with Crippen molar-refractivity contribution in [1.82, 2.24) is 19.1 Å². The van der Waals surface area contributed by atoms with E-state index in [0.29, 0.717) is 45.1 Å². The van der Waals surface area contributed by atoms with Crippen molar-refractivity contribution >= 4 is 52.9 Å². The molecule has 246 valence electrons. The topological polar surface area (TPSA) is 148 Å². The van der Waals surface area contributed by atoms with Gasteiger partial charge in [-0.05, 0) is 68.4 Å². The Morgan fingerprint density at radius 2 is 1.16 bits per heavy atom. The Hall–Kier alpha value is -2.12. The molecule has 0 amide bonds. The molecule has 3 aliphatic rings. The summed E-state index contributed by atoms with van der Waals surface area (Å²) in [6.07, 6.45) is 10.1. The van der Waals surface area contributed by atoms with Crippen molar-refractivity contribution < 1.29 is 9.53 Å². The van der Waals surface area contributed by atoms with E-state index < -0.39 is 0 Å². The van der Waals surface area contributed by atoms with Crippen LogP contribution in [-0.4, -0.2) is 46.3 Å². The predicted octanol–water partition coefficient (Wildman–Crippen LogP) is 6.18. The normalized spacial score (nSPS) is 31.0. The van der Waals surface area contributed by atoms with Crippen LogP contribution in [0.2, 0.25) is 0 Å². The molecule has 4 N–H and O–H groups in total. The third kappa shape index (κ3) is 9.94. The van der Waals surface area contributed by atoms with Crippen LogP contribution in [0.3, 0.4) is 0 Å². The molecule has 2 aromatic heterocycles. The molecule has 10 nitrogen and oxygen atoms in total. The van der Waals surface area contributed by atoms with Gasteiger partial charge in [-0.3, -0.25) is 13.9 Å². The van der Waals surface area contributed by atoms with E-state index in [9.17, 15) is 14.4 Å². The zero-order chi connectivity index (χ0) is 32.6. The van der Waals surface area contributed by atoms with Crippen LogP contribution >= 0.6 is 35.3 Å². The average Bonchev–Trinajstić information content (AvgIpc) is 3.64. The van der Waals surface area contributed by atoms with Gasteiger partial charge in [0.25, 0.3) is 0 Å². The average molecular weight is 667 g/mol. The molecule has 3 fully saturated rings. The molecule has 5 heterocycles. The summed E-state index contributed by atoms with van der Waals surface area (Å²) in [6, 6.07) is 3.37. The summed E-state index contributed by atoms with van der Waals surface area (Å²) in [5, 5.41) is 2.42. The lowest BCUT2D eigenvalue weighted by molar-refractivity contribution is -0.142. The first-order valence-corrected chi connectivity index (χ1v) is 18.5. The van der Waals surface area contributed by atoms with Crippen molar-refractivity contribution in [2.75, 3.05) is 11.5 Å². The largest absolute Gasteiger partial charge is 0.451 e. The first-order valence-electron chi connectivity index (χ1n) is 15.7. The molecule has 0 radical (unpaired) electrons. The quantitative estimate of drug-likeness (QED) is 0.341. The van der Waals surface area contributed by atoms with Gasteiger partial charge in [0, 0.05) is 35.1 Å². The number of hydrogen-bond acceptors (Lipinski definition) is 11. The third-order valence-electron chi connectivity index (χ3n) is 8.43.